The number of carbonyl (C=O) groups is 3. The number of ether oxygens (including phenoxy) is 1. The van der Waals surface area contributed by atoms with Crippen molar-refractivity contribution in [2.75, 3.05) is 17.2 Å². The van der Waals surface area contributed by atoms with Gasteiger partial charge in [-0.25, -0.2) is 9.18 Å². The van der Waals surface area contributed by atoms with E-state index in [-0.39, 0.29) is 23.5 Å². The van der Waals surface area contributed by atoms with Crippen LogP contribution in [0.2, 0.25) is 0 Å². The maximum atomic E-state index is 13.5. The van der Waals surface area contributed by atoms with E-state index in [1.807, 2.05) is 0 Å². The van der Waals surface area contributed by atoms with Gasteiger partial charge in [-0.3, -0.25) is 9.59 Å². The molecule has 0 aromatic heterocycles. The molecule has 2 rings (SSSR count). The van der Waals surface area contributed by atoms with Crippen LogP contribution in [0.25, 0.3) is 0 Å². The average molecular weight is 330 g/mol. The first-order chi connectivity index (χ1) is 11.5. The van der Waals surface area contributed by atoms with Gasteiger partial charge in [-0.15, -0.1) is 0 Å². The van der Waals surface area contributed by atoms with Gasteiger partial charge in [0, 0.05) is 0 Å². The molecule has 6 nitrogen and oxygen atoms in total. The molecule has 0 aliphatic heterocycles. The highest BCUT2D eigenvalue weighted by molar-refractivity contribution is 6.44. The number of anilines is 2. The molecular formula is C17H15FN2O4. The molecule has 24 heavy (non-hydrogen) atoms. The van der Waals surface area contributed by atoms with Gasteiger partial charge in [-0.1, -0.05) is 24.3 Å². The zero-order valence-electron chi connectivity index (χ0n) is 12.8. The number of hydrogen-bond acceptors (Lipinski definition) is 4. The fourth-order valence-corrected chi connectivity index (χ4v) is 1.90. The molecule has 2 amide bonds. The van der Waals surface area contributed by atoms with Crippen molar-refractivity contribution in [2.45, 2.75) is 6.92 Å². The monoisotopic (exact) mass is 330 g/mol. The quantitative estimate of drug-likeness (QED) is 0.666. The van der Waals surface area contributed by atoms with Gasteiger partial charge in [-0.05, 0) is 31.2 Å². The van der Waals surface area contributed by atoms with Crippen molar-refractivity contribution in [3.05, 3.63) is 59.9 Å². The van der Waals surface area contributed by atoms with Gasteiger partial charge in [-0.2, -0.15) is 0 Å². The second kappa shape index (κ2) is 7.87. The molecular weight excluding hydrogens is 315 g/mol. The van der Waals surface area contributed by atoms with Crippen LogP contribution in [0.15, 0.2) is 48.5 Å². The first-order valence-electron chi connectivity index (χ1n) is 7.16. The molecule has 0 atom stereocenters. The molecule has 0 heterocycles. The van der Waals surface area contributed by atoms with Crippen LogP contribution in [-0.2, 0) is 14.3 Å². The molecule has 0 aliphatic rings. The summed E-state index contributed by atoms with van der Waals surface area (Å²) in [4.78, 5) is 35.7. The van der Waals surface area contributed by atoms with E-state index in [1.54, 1.807) is 19.1 Å². The van der Waals surface area contributed by atoms with Gasteiger partial charge in [0.05, 0.1) is 23.5 Å². The Hall–Kier alpha value is -3.22. The van der Waals surface area contributed by atoms with Crippen molar-refractivity contribution < 1.29 is 23.5 Å². The van der Waals surface area contributed by atoms with E-state index in [0.29, 0.717) is 0 Å². The minimum Gasteiger partial charge on any atom is -0.462 e. The molecule has 2 N–H and O–H groups in total. The lowest BCUT2D eigenvalue weighted by Crippen LogP contribution is -2.30. The fraction of sp³-hybridized carbons (Fsp3) is 0.118. The average Bonchev–Trinajstić information content (AvgIpc) is 2.57. The first kappa shape index (κ1) is 17.1. The molecule has 0 unspecified atom stereocenters. The number of esters is 1. The largest absolute Gasteiger partial charge is 0.462 e. The van der Waals surface area contributed by atoms with Crippen LogP contribution >= 0.6 is 0 Å². The lowest BCUT2D eigenvalue weighted by atomic mass is 10.2. The second-order valence-electron chi connectivity index (χ2n) is 4.65. The van der Waals surface area contributed by atoms with Crippen molar-refractivity contribution in [1.82, 2.24) is 0 Å². The number of halogens is 1. The van der Waals surface area contributed by atoms with E-state index in [2.05, 4.69) is 10.6 Å². The highest BCUT2D eigenvalue weighted by Crippen LogP contribution is 2.17. The van der Waals surface area contributed by atoms with Crippen LogP contribution in [-0.4, -0.2) is 24.4 Å². The Balaban J connectivity index is 2.11. The van der Waals surface area contributed by atoms with Crippen LogP contribution in [0.3, 0.4) is 0 Å². The van der Waals surface area contributed by atoms with Crippen LogP contribution in [0.4, 0.5) is 15.8 Å². The Morgan fingerprint density at radius 3 is 2.08 bits per heavy atom. The first-order valence-corrected chi connectivity index (χ1v) is 7.16. The summed E-state index contributed by atoms with van der Waals surface area (Å²) in [5.41, 5.74) is 0.132. The van der Waals surface area contributed by atoms with Crippen molar-refractivity contribution >= 4 is 29.2 Å². The summed E-state index contributed by atoms with van der Waals surface area (Å²) in [6, 6.07) is 11.6. The van der Waals surface area contributed by atoms with E-state index in [1.165, 1.54) is 30.3 Å². The summed E-state index contributed by atoms with van der Waals surface area (Å²) in [5, 5.41) is 4.48. The molecule has 0 spiro atoms. The zero-order valence-corrected chi connectivity index (χ0v) is 12.8. The van der Waals surface area contributed by atoms with Crippen LogP contribution in [0.1, 0.15) is 17.3 Å². The maximum Gasteiger partial charge on any atom is 0.340 e. The number of amides is 2. The molecule has 7 heteroatoms. The summed E-state index contributed by atoms with van der Waals surface area (Å²) in [7, 11) is 0. The molecule has 2 aromatic carbocycles. The zero-order chi connectivity index (χ0) is 17.5. The van der Waals surface area contributed by atoms with Crippen molar-refractivity contribution in [2.24, 2.45) is 0 Å². The smallest absolute Gasteiger partial charge is 0.340 e. The minimum atomic E-state index is -1.06. The van der Waals surface area contributed by atoms with Crippen LogP contribution in [0, 0.1) is 5.82 Å². The van der Waals surface area contributed by atoms with Crippen LogP contribution < -0.4 is 10.6 Å². The third-order valence-corrected chi connectivity index (χ3v) is 3.00. The SMILES string of the molecule is CCOC(=O)c1ccccc1NC(=O)C(=O)Nc1ccccc1F. The standard InChI is InChI=1S/C17H15FN2O4/c1-2-24-17(23)11-7-3-5-9-13(11)19-15(21)16(22)20-14-10-6-4-8-12(14)18/h3-10H,2H2,1H3,(H,19,21)(H,20,22). The Bertz CT molecular complexity index is 777. The summed E-state index contributed by atoms with van der Waals surface area (Å²) >= 11 is 0. The van der Waals surface area contributed by atoms with Gasteiger partial charge >= 0.3 is 17.8 Å². The molecule has 0 saturated carbocycles. The van der Waals surface area contributed by atoms with Crippen molar-refractivity contribution in [1.29, 1.82) is 0 Å². The van der Waals surface area contributed by atoms with Gasteiger partial charge in [0.25, 0.3) is 0 Å². The van der Waals surface area contributed by atoms with Gasteiger partial charge in [0.1, 0.15) is 5.82 Å². The molecule has 2 aromatic rings. The van der Waals surface area contributed by atoms with E-state index in [0.717, 1.165) is 6.07 Å². The third-order valence-electron chi connectivity index (χ3n) is 3.00. The maximum absolute atomic E-state index is 13.5. The lowest BCUT2D eigenvalue weighted by Gasteiger charge is -2.10. The van der Waals surface area contributed by atoms with Gasteiger partial charge in [0.2, 0.25) is 0 Å². The molecule has 0 aliphatic carbocycles. The number of hydrogen-bond donors (Lipinski definition) is 2. The van der Waals surface area contributed by atoms with Crippen molar-refractivity contribution in [3.63, 3.8) is 0 Å². The fourth-order valence-electron chi connectivity index (χ4n) is 1.90. The molecule has 124 valence electrons. The Morgan fingerprint density at radius 1 is 0.917 bits per heavy atom. The Kier molecular flexibility index (Phi) is 5.62. The van der Waals surface area contributed by atoms with Gasteiger partial charge in [0.15, 0.2) is 0 Å². The van der Waals surface area contributed by atoms with E-state index in [9.17, 15) is 18.8 Å². The summed E-state index contributed by atoms with van der Waals surface area (Å²) in [6.45, 7) is 1.83. The lowest BCUT2D eigenvalue weighted by molar-refractivity contribution is -0.133. The Labute approximate surface area is 137 Å². The van der Waals surface area contributed by atoms with E-state index >= 15 is 0 Å². The molecule has 0 fully saturated rings. The Morgan fingerprint density at radius 2 is 1.46 bits per heavy atom. The highest BCUT2D eigenvalue weighted by atomic mass is 19.1. The molecule has 0 bridgehead atoms. The highest BCUT2D eigenvalue weighted by Gasteiger charge is 2.19. The summed E-state index contributed by atoms with van der Waals surface area (Å²) in [6.07, 6.45) is 0. The normalized spacial score (nSPS) is 9.92. The van der Waals surface area contributed by atoms with Crippen molar-refractivity contribution in [3.8, 4) is 0 Å². The summed E-state index contributed by atoms with van der Waals surface area (Å²) in [5.74, 6) is -3.37. The third kappa shape index (κ3) is 4.16. The number of carbonyl (C=O) groups excluding carboxylic acids is 3. The number of nitrogens with one attached hydrogen (secondary N) is 2. The number of para-hydroxylation sites is 2. The number of benzene rings is 2. The predicted molar refractivity (Wildman–Crippen MR) is 86.1 cm³/mol. The number of rotatable bonds is 4. The predicted octanol–water partition coefficient (Wildman–Crippen LogP) is 2.58. The molecule has 0 saturated heterocycles. The van der Waals surface area contributed by atoms with Gasteiger partial charge < -0.3 is 15.4 Å². The van der Waals surface area contributed by atoms with E-state index in [4.69, 9.17) is 4.74 Å². The van der Waals surface area contributed by atoms with Crippen LogP contribution in [0.5, 0.6) is 0 Å². The second-order valence-corrected chi connectivity index (χ2v) is 4.65. The van der Waals surface area contributed by atoms with E-state index < -0.39 is 23.6 Å². The minimum absolute atomic E-state index is 0.115. The topological polar surface area (TPSA) is 84.5 Å². The summed E-state index contributed by atoms with van der Waals surface area (Å²) < 4.78 is 18.4. The molecule has 0 radical (unpaired) electrons.